The van der Waals surface area contributed by atoms with E-state index in [1.165, 1.54) is 0 Å². The second-order valence-electron chi connectivity index (χ2n) is 7.31. The minimum Gasteiger partial charge on any atom is -0.485 e. The number of nitrogens with zero attached hydrogens (tertiary/aromatic N) is 2. The van der Waals surface area contributed by atoms with Crippen molar-refractivity contribution >= 4 is 11.6 Å². The predicted octanol–water partition coefficient (Wildman–Crippen LogP) is 4.31. The van der Waals surface area contributed by atoms with Crippen molar-refractivity contribution in [3.8, 4) is 5.75 Å². The SMILES string of the molecule is Cc1nc2c(OCc3ccccc3)cccn2c1COC(=O)C(C)(C)C. The fourth-order valence-corrected chi connectivity index (χ4v) is 2.58. The van der Waals surface area contributed by atoms with Gasteiger partial charge in [0.25, 0.3) is 0 Å². The van der Waals surface area contributed by atoms with Crippen molar-refractivity contribution < 1.29 is 14.3 Å². The van der Waals surface area contributed by atoms with Crippen molar-refractivity contribution in [3.63, 3.8) is 0 Å². The maximum Gasteiger partial charge on any atom is 0.311 e. The molecule has 5 nitrogen and oxygen atoms in total. The van der Waals surface area contributed by atoms with Crippen LogP contribution in [0.3, 0.4) is 0 Å². The van der Waals surface area contributed by atoms with Crippen LogP contribution >= 0.6 is 0 Å². The summed E-state index contributed by atoms with van der Waals surface area (Å²) in [6.45, 7) is 8.09. The van der Waals surface area contributed by atoms with Crippen LogP contribution < -0.4 is 4.74 Å². The molecule has 5 heteroatoms. The number of esters is 1. The molecule has 0 aliphatic heterocycles. The number of benzene rings is 1. The van der Waals surface area contributed by atoms with Crippen LogP contribution in [-0.4, -0.2) is 15.4 Å². The first-order valence-corrected chi connectivity index (χ1v) is 8.67. The predicted molar refractivity (Wildman–Crippen MR) is 100.0 cm³/mol. The van der Waals surface area contributed by atoms with Gasteiger partial charge in [0.05, 0.1) is 16.8 Å². The van der Waals surface area contributed by atoms with Gasteiger partial charge in [-0.15, -0.1) is 0 Å². The Morgan fingerprint density at radius 3 is 2.50 bits per heavy atom. The third-order valence-corrected chi connectivity index (χ3v) is 4.10. The number of pyridine rings is 1. The fourth-order valence-electron chi connectivity index (χ4n) is 2.58. The summed E-state index contributed by atoms with van der Waals surface area (Å²) in [6.07, 6.45) is 1.91. The van der Waals surface area contributed by atoms with Gasteiger partial charge in [-0.05, 0) is 45.4 Å². The van der Waals surface area contributed by atoms with E-state index in [4.69, 9.17) is 9.47 Å². The van der Waals surface area contributed by atoms with Gasteiger partial charge in [-0.25, -0.2) is 4.98 Å². The van der Waals surface area contributed by atoms with Gasteiger partial charge in [0.15, 0.2) is 11.4 Å². The molecular weight excluding hydrogens is 328 g/mol. The minimum absolute atomic E-state index is 0.186. The molecule has 2 aromatic heterocycles. The van der Waals surface area contributed by atoms with Crippen LogP contribution in [0.5, 0.6) is 5.75 Å². The van der Waals surface area contributed by atoms with Gasteiger partial charge >= 0.3 is 5.97 Å². The lowest BCUT2D eigenvalue weighted by Crippen LogP contribution is -2.23. The van der Waals surface area contributed by atoms with Crippen molar-refractivity contribution in [1.29, 1.82) is 0 Å². The third kappa shape index (κ3) is 3.87. The molecule has 2 heterocycles. The Morgan fingerprint density at radius 2 is 1.81 bits per heavy atom. The van der Waals surface area contributed by atoms with Gasteiger partial charge in [0, 0.05) is 6.20 Å². The summed E-state index contributed by atoms with van der Waals surface area (Å²) in [6, 6.07) is 13.8. The van der Waals surface area contributed by atoms with Crippen molar-refractivity contribution in [1.82, 2.24) is 9.38 Å². The molecule has 0 spiro atoms. The molecule has 26 heavy (non-hydrogen) atoms. The van der Waals surface area contributed by atoms with Gasteiger partial charge in [-0.1, -0.05) is 30.3 Å². The molecule has 0 aliphatic carbocycles. The van der Waals surface area contributed by atoms with Crippen LogP contribution in [0.2, 0.25) is 0 Å². The number of hydrogen-bond donors (Lipinski definition) is 0. The molecule has 0 fully saturated rings. The summed E-state index contributed by atoms with van der Waals surface area (Å²) in [4.78, 5) is 16.7. The number of rotatable bonds is 5. The molecule has 3 aromatic rings. The molecule has 0 saturated heterocycles. The van der Waals surface area contributed by atoms with Crippen molar-refractivity contribution in [3.05, 3.63) is 65.6 Å². The number of aryl methyl sites for hydroxylation is 1. The molecule has 0 atom stereocenters. The number of imidazole rings is 1. The van der Waals surface area contributed by atoms with Crippen molar-refractivity contribution in [2.45, 2.75) is 40.9 Å². The van der Waals surface area contributed by atoms with E-state index in [-0.39, 0.29) is 12.6 Å². The average Bonchev–Trinajstić information content (AvgIpc) is 2.93. The largest absolute Gasteiger partial charge is 0.485 e. The van der Waals surface area contributed by atoms with Crippen LogP contribution in [0.4, 0.5) is 0 Å². The second kappa shape index (κ2) is 7.20. The molecule has 0 aliphatic rings. The number of ether oxygens (including phenoxy) is 2. The smallest absolute Gasteiger partial charge is 0.311 e. The van der Waals surface area contributed by atoms with Crippen LogP contribution in [0.15, 0.2) is 48.7 Å². The van der Waals surface area contributed by atoms with Crippen LogP contribution in [-0.2, 0) is 22.7 Å². The van der Waals surface area contributed by atoms with Gasteiger partial charge in [-0.2, -0.15) is 0 Å². The number of carbonyl (C=O) groups is 1. The standard InChI is InChI=1S/C21H24N2O3/c1-15-17(14-26-20(24)21(2,3)4)23-12-8-11-18(19(23)22-15)25-13-16-9-6-5-7-10-16/h5-12H,13-14H2,1-4H3. The van der Waals surface area contributed by atoms with E-state index in [0.717, 1.165) is 22.6 Å². The Morgan fingerprint density at radius 1 is 1.08 bits per heavy atom. The van der Waals surface area contributed by atoms with Gasteiger partial charge in [0.1, 0.15) is 13.2 Å². The highest BCUT2D eigenvalue weighted by Crippen LogP contribution is 2.24. The minimum atomic E-state index is -0.529. The summed E-state index contributed by atoms with van der Waals surface area (Å²) in [5, 5.41) is 0. The van der Waals surface area contributed by atoms with Crippen molar-refractivity contribution in [2.24, 2.45) is 5.41 Å². The Hall–Kier alpha value is -2.82. The number of fused-ring (bicyclic) bond motifs is 1. The van der Waals surface area contributed by atoms with Crippen LogP contribution in [0.25, 0.3) is 5.65 Å². The van der Waals surface area contributed by atoms with Crippen molar-refractivity contribution in [2.75, 3.05) is 0 Å². The zero-order valence-electron chi connectivity index (χ0n) is 15.7. The zero-order chi connectivity index (χ0) is 18.7. The molecule has 0 N–H and O–H groups in total. The van der Waals surface area contributed by atoms with Gasteiger partial charge in [-0.3, -0.25) is 9.20 Å². The normalized spacial score (nSPS) is 11.5. The summed E-state index contributed by atoms with van der Waals surface area (Å²) >= 11 is 0. The number of carbonyl (C=O) groups excluding carboxylic acids is 1. The summed E-state index contributed by atoms with van der Waals surface area (Å²) in [7, 11) is 0. The summed E-state index contributed by atoms with van der Waals surface area (Å²) in [5.41, 5.74) is 2.96. The molecular formula is C21H24N2O3. The van der Waals surface area contributed by atoms with Crippen LogP contribution in [0.1, 0.15) is 37.7 Å². The van der Waals surface area contributed by atoms with E-state index in [0.29, 0.717) is 12.4 Å². The monoisotopic (exact) mass is 352 g/mol. The van der Waals surface area contributed by atoms with E-state index in [9.17, 15) is 4.79 Å². The molecule has 0 unspecified atom stereocenters. The fraction of sp³-hybridized carbons (Fsp3) is 0.333. The maximum atomic E-state index is 12.1. The number of aromatic nitrogens is 2. The van der Waals surface area contributed by atoms with Gasteiger partial charge in [0.2, 0.25) is 0 Å². The molecule has 0 saturated carbocycles. The van der Waals surface area contributed by atoms with E-state index < -0.39 is 5.41 Å². The average molecular weight is 352 g/mol. The first-order valence-electron chi connectivity index (χ1n) is 8.67. The highest BCUT2D eigenvalue weighted by molar-refractivity contribution is 5.75. The quantitative estimate of drug-likeness (QED) is 0.642. The van der Waals surface area contributed by atoms with E-state index in [1.807, 2.05) is 80.8 Å². The lowest BCUT2D eigenvalue weighted by atomic mass is 9.97. The lowest BCUT2D eigenvalue weighted by Gasteiger charge is -2.16. The molecule has 0 amide bonds. The second-order valence-corrected chi connectivity index (χ2v) is 7.31. The first kappa shape index (κ1) is 18.0. The summed E-state index contributed by atoms with van der Waals surface area (Å²) < 4.78 is 13.4. The molecule has 136 valence electrons. The molecule has 3 rings (SSSR count). The Labute approximate surface area is 153 Å². The lowest BCUT2D eigenvalue weighted by molar-refractivity contribution is -0.154. The maximum absolute atomic E-state index is 12.1. The Kier molecular flexibility index (Phi) is 4.98. The topological polar surface area (TPSA) is 52.8 Å². The highest BCUT2D eigenvalue weighted by atomic mass is 16.5. The third-order valence-electron chi connectivity index (χ3n) is 4.10. The van der Waals surface area contributed by atoms with E-state index in [1.54, 1.807) is 0 Å². The molecule has 0 radical (unpaired) electrons. The van der Waals surface area contributed by atoms with E-state index >= 15 is 0 Å². The Bertz CT molecular complexity index is 908. The number of hydrogen-bond acceptors (Lipinski definition) is 4. The van der Waals surface area contributed by atoms with E-state index in [2.05, 4.69) is 4.98 Å². The first-order chi connectivity index (χ1) is 12.4. The zero-order valence-corrected chi connectivity index (χ0v) is 15.7. The molecule has 0 bridgehead atoms. The Balaban J connectivity index is 1.81. The van der Waals surface area contributed by atoms with Crippen LogP contribution in [0, 0.1) is 12.3 Å². The molecule has 1 aromatic carbocycles. The summed E-state index contributed by atoms with van der Waals surface area (Å²) in [5.74, 6) is 0.469. The highest BCUT2D eigenvalue weighted by Gasteiger charge is 2.24. The van der Waals surface area contributed by atoms with Gasteiger partial charge < -0.3 is 9.47 Å².